The van der Waals surface area contributed by atoms with Gasteiger partial charge in [0.05, 0.1) is 21.8 Å². The number of rotatable bonds is 6. The highest BCUT2D eigenvalue weighted by Gasteiger charge is 2.27. The van der Waals surface area contributed by atoms with Crippen LogP contribution in [0.3, 0.4) is 0 Å². The summed E-state index contributed by atoms with van der Waals surface area (Å²) in [7, 11) is 0. The van der Waals surface area contributed by atoms with Crippen LogP contribution in [0.1, 0.15) is 36.6 Å². The van der Waals surface area contributed by atoms with E-state index in [1.807, 2.05) is 18.2 Å². The Morgan fingerprint density at radius 1 is 1.27 bits per heavy atom. The van der Waals surface area contributed by atoms with Crippen LogP contribution in [-0.2, 0) is 4.79 Å². The van der Waals surface area contributed by atoms with Crippen molar-refractivity contribution in [3.63, 3.8) is 0 Å². The van der Waals surface area contributed by atoms with Crippen LogP contribution < -0.4 is 10.6 Å². The van der Waals surface area contributed by atoms with Crippen LogP contribution in [-0.4, -0.2) is 24.0 Å². The van der Waals surface area contributed by atoms with Gasteiger partial charge in [0.25, 0.3) is 0 Å². The van der Waals surface area contributed by atoms with Gasteiger partial charge in [-0.1, -0.05) is 0 Å². The molecule has 0 unspecified atom stereocenters. The molecule has 0 saturated heterocycles. The van der Waals surface area contributed by atoms with Gasteiger partial charge >= 0.3 is 0 Å². The largest absolute Gasteiger partial charge is 0.325 e. The van der Waals surface area contributed by atoms with E-state index in [1.165, 1.54) is 35.4 Å². The van der Waals surface area contributed by atoms with Gasteiger partial charge in [0.1, 0.15) is 0 Å². The Morgan fingerprint density at radius 3 is 2.82 bits per heavy atom. The van der Waals surface area contributed by atoms with Crippen LogP contribution in [0.2, 0.25) is 0 Å². The molecule has 0 bridgehead atoms. The number of aromatic nitrogens is 1. The van der Waals surface area contributed by atoms with Crippen molar-refractivity contribution in [2.75, 3.05) is 18.4 Å². The maximum absolute atomic E-state index is 11.9. The fraction of sp³-hybridized carbons (Fsp3) is 0.500. The molecule has 2 aromatic rings. The molecule has 6 heteroatoms. The predicted molar refractivity (Wildman–Crippen MR) is 93.1 cm³/mol. The molecular formula is C16H20ClN3OS. The minimum Gasteiger partial charge on any atom is -0.325 e. The molecule has 22 heavy (non-hydrogen) atoms. The molecule has 0 atom stereocenters. The number of hydrogen-bond donors (Lipinski definition) is 2. The number of carbonyl (C=O) groups is 1. The van der Waals surface area contributed by atoms with Crippen LogP contribution in [0, 0.1) is 5.92 Å². The third kappa shape index (κ3) is 3.77. The van der Waals surface area contributed by atoms with Crippen LogP contribution >= 0.6 is 23.7 Å². The molecule has 1 heterocycles. The first kappa shape index (κ1) is 15.7. The quantitative estimate of drug-likeness (QED) is 0.847. The van der Waals surface area contributed by atoms with Gasteiger partial charge in [-0.25, -0.2) is 4.98 Å². The van der Waals surface area contributed by atoms with Crippen molar-refractivity contribution in [1.82, 2.24) is 10.3 Å². The van der Waals surface area contributed by atoms with E-state index in [1.54, 1.807) is 11.3 Å². The molecule has 1 aromatic heterocycles. The van der Waals surface area contributed by atoms with E-state index in [2.05, 4.69) is 15.6 Å². The van der Waals surface area contributed by atoms with E-state index < -0.39 is 0 Å². The number of nitrogens with one attached hydrogen (secondary N) is 2. The Balaban J connectivity index is 0.00000144. The van der Waals surface area contributed by atoms with E-state index in [4.69, 9.17) is 0 Å². The van der Waals surface area contributed by atoms with E-state index in [0.29, 0.717) is 12.5 Å². The SMILES string of the molecule is Cl.O=C(CNCC1CC1)Nc1ccc2nc(C3CC3)sc2c1. The summed E-state index contributed by atoms with van der Waals surface area (Å²) < 4.78 is 1.17. The molecule has 118 valence electrons. The molecule has 4 rings (SSSR count). The summed E-state index contributed by atoms with van der Waals surface area (Å²) >= 11 is 1.76. The van der Waals surface area contributed by atoms with Gasteiger partial charge in [0, 0.05) is 11.6 Å². The zero-order valence-corrected chi connectivity index (χ0v) is 13.9. The maximum Gasteiger partial charge on any atom is 0.238 e. The average Bonchev–Trinajstić information content (AvgIpc) is 3.37. The molecule has 1 aromatic carbocycles. The van der Waals surface area contributed by atoms with E-state index in [0.717, 1.165) is 23.7 Å². The molecule has 1 amide bonds. The molecule has 0 radical (unpaired) electrons. The fourth-order valence-corrected chi connectivity index (χ4v) is 3.62. The monoisotopic (exact) mass is 337 g/mol. The van der Waals surface area contributed by atoms with Crippen molar-refractivity contribution >= 4 is 45.6 Å². The lowest BCUT2D eigenvalue weighted by atomic mass is 10.3. The fourth-order valence-electron chi connectivity index (χ4n) is 2.44. The minimum absolute atomic E-state index is 0. The second kappa shape index (κ2) is 6.52. The lowest BCUT2D eigenvalue weighted by Crippen LogP contribution is -2.29. The zero-order chi connectivity index (χ0) is 14.2. The number of thiazole rings is 1. The summed E-state index contributed by atoms with van der Waals surface area (Å²) in [6, 6.07) is 5.99. The third-order valence-corrected chi connectivity index (χ3v) is 5.21. The van der Waals surface area contributed by atoms with Crippen LogP contribution in [0.4, 0.5) is 5.69 Å². The first-order valence-corrected chi connectivity index (χ1v) is 8.50. The third-order valence-electron chi connectivity index (χ3n) is 4.03. The standard InChI is InChI=1S/C16H19N3OS.ClH/c20-15(9-17-8-10-1-2-10)18-12-5-6-13-14(7-12)21-16(19-13)11-3-4-11;/h5-7,10-11,17H,1-4,8-9H2,(H,18,20);1H. The Bertz CT molecular complexity index is 679. The first-order valence-electron chi connectivity index (χ1n) is 7.69. The average molecular weight is 338 g/mol. The molecular weight excluding hydrogens is 318 g/mol. The normalized spacial score (nSPS) is 17.3. The first-order chi connectivity index (χ1) is 10.3. The van der Waals surface area contributed by atoms with Gasteiger partial charge in [-0.2, -0.15) is 0 Å². The molecule has 2 N–H and O–H groups in total. The topological polar surface area (TPSA) is 54.0 Å². The van der Waals surface area contributed by atoms with Crippen LogP contribution in [0.15, 0.2) is 18.2 Å². The summed E-state index contributed by atoms with van der Waals surface area (Å²) in [5.41, 5.74) is 1.92. The predicted octanol–water partition coefficient (Wildman–Crippen LogP) is 3.53. The highest BCUT2D eigenvalue weighted by molar-refractivity contribution is 7.18. The number of carbonyl (C=O) groups excluding carboxylic acids is 1. The number of anilines is 1. The number of amides is 1. The summed E-state index contributed by atoms with van der Waals surface area (Å²) in [5, 5.41) is 7.42. The highest BCUT2D eigenvalue weighted by Crippen LogP contribution is 2.43. The van der Waals surface area contributed by atoms with E-state index in [-0.39, 0.29) is 18.3 Å². The van der Waals surface area contributed by atoms with Crippen molar-refractivity contribution in [2.45, 2.75) is 31.6 Å². The molecule has 2 fully saturated rings. The zero-order valence-electron chi connectivity index (χ0n) is 12.3. The number of nitrogens with zero attached hydrogens (tertiary/aromatic N) is 1. The van der Waals surface area contributed by atoms with Crippen molar-refractivity contribution < 1.29 is 4.79 Å². The lowest BCUT2D eigenvalue weighted by molar-refractivity contribution is -0.115. The van der Waals surface area contributed by atoms with Gasteiger partial charge in [0.15, 0.2) is 0 Å². The summed E-state index contributed by atoms with van der Waals surface area (Å²) in [5.74, 6) is 1.51. The highest BCUT2D eigenvalue weighted by atomic mass is 35.5. The molecule has 0 spiro atoms. The number of fused-ring (bicyclic) bond motifs is 1. The lowest BCUT2D eigenvalue weighted by Gasteiger charge is -2.06. The smallest absolute Gasteiger partial charge is 0.238 e. The molecule has 4 nitrogen and oxygen atoms in total. The minimum atomic E-state index is 0. The van der Waals surface area contributed by atoms with Gasteiger partial charge in [-0.3, -0.25) is 4.79 Å². The van der Waals surface area contributed by atoms with E-state index >= 15 is 0 Å². The van der Waals surface area contributed by atoms with Crippen molar-refractivity contribution in [2.24, 2.45) is 5.92 Å². The Morgan fingerprint density at radius 2 is 2.09 bits per heavy atom. The molecule has 2 aliphatic carbocycles. The van der Waals surface area contributed by atoms with Gasteiger partial charge in [-0.05, 0) is 56.3 Å². The van der Waals surface area contributed by atoms with Crippen LogP contribution in [0.25, 0.3) is 10.2 Å². The Hall–Kier alpha value is -1.17. The molecule has 0 aliphatic heterocycles. The van der Waals surface area contributed by atoms with Gasteiger partial charge in [0.2, 0.25) is 5.91 Å². The second-order valence-corrected chi connectivity index (χ2v) is 7.19. The Labute approximate surface area is 140 Å². The molecule has 2 saturated carbocycles. The second-order valence-electron chi connectivity index (χ2n) is 6.13. The van der Waals surface area contributed by atoms with Crippen LogP contribution in [0.5, 0.6) is 0 Å². The van der Waals surface area contributed by atoms with Gasteiger partial charge in [-0.15, -0.1) is 23.7 Å². The molecule has 2 aliphatic rings. The number of halogens is 1. The number of benzene rings is 1. The van der Waals surface area contributed by atoms with Crippen molar-refractivity contribution in [3.05, 3.63) is 23.2 Å². The summed E-state index contributed by atoms with van der Waals surface area (Å²) in [4.78, 5) is 16.6. The number of hydrogen-bond acceptors (Lipinski definition) is 4. The van der Waals surface area contributed by atoms with E-state index in [9.17, 15) is 4.79 Å². The summed E-state index contributed by atoms with van der Waals surface area (Å²) in [6.07, 6.45) is 5.16. The summed E-state index contributed by atoms with van der Waals surface area (Å²) in [6.45, 7) is 1.36. The van der Waals surface area contributed by atoms with Gasteiger partial charge < -0.3 is 10.6 Å². The Kier molecular flexibility index (Phi) is 4.66. The maximum atomic E-state index is 11.9. The van der Waals surface area contributed by atoms with Crippen molar-refractivity contribution in [3.8, 4) is 0 Å². The van der Waals surface area contributed by atoms with Crippen molar-refractivity contribution in [1.29, 1.82) is 0 Å².